The van der Waals surface area contributed by atoms with Gasteiger partial charge in [0.2, 0.25) is 0 Å². The molecule has 5 N–H and O–H groups in total. The van der Waals surface area contributed by atoms with Crippen LogP contribution >= 0.6 is 0 Å². The van der Waals surface area contributed by atoms with E-state index in [0.717, 1.165) is 25.7 Å². The molecule has 0 amide bonds. The van der Waals surface area contributed by atoms with E-state index >= 15 is 0 Å². The summed E-state index contributed by atoms with van der Waals surface area (Å²) in [7, 11) is -3.99. The average molecular weight is 248 g/mol. The molecule has 0 spiro atoms. The topological polar surface area (TPSA) is 106 Å². The van der Waals surface area contributed by atoms with Crippen LogP contribution in [-0.2, 0) is 10.1 Å². The molecule has 5 atom stereocenters. The molecule has 2 saturated carbocycles. The summed E-state index contributed by atoms with van der Waals surface area (Å²) in [4.78, 5) is 0. The van der Waals surface area contributed by atoms with Crippen molar-refractivity contribution < 1.29 is 13.0 Å². The highest BCUT2D eigenvalue weighted by molar-refractivity contribution is 7.86. The Bertz CT molecular complexity index is 357. The molecular formula is C10H20N2O3S. The van der Waals surface area contributed by atoms with Crippen LogP contribution in [0.5, 0.6) is 0 Å². The summed E-state index contributed by atoms with van der Waals surface area (Å²) < 4.78 is 32.0. The van der Waals surface area contributed by atoms with Crippen molar-refractivity contribution in [1.82, 2.24) is 0 Å². The van der Waals surface area contributed by atoms with Gasteiger partial charge in [0.15, 0.2) is 0 Å². The first-order valence-corrected chi connectivity index (χ1v) is 7.39. The largest absolute Gasteiger partial charge is 0.326 e. The molecule has 2 rings (SSSR count). The van der Waals surface area contributed by atoms with Crippen molar-refractivity contribution in [2.45, 2.75) is 49.4 Å². The Kier molecular flexibility index (Phi) is 3.27. The third-order valence-corrected chi connectivity index (χ3v) is 5.54. The average Bonchev–Trinajstić information content (AvgIpc) is 2.22. The molecule has 0 aliphatic heterocycles. The van der Waals surface area contributed by atoms with E-state index in [4.69, 9.17) is 11.5 Å². The first-order valence-electron chi connectivity index (χ1n) is 5.88. The van der Waals surface area contributed by atoms with Crippen molar-refractivity contribution in [2.24, 2.45) is 23.3 Å². The molecule has 6 heteroatoms. The van der Waals surface area contributed by atoms with Crippen LogP contribution in [0, 0.1) is 11.8 Å². The van der Waals surface area contributed by atoms with E-state index in [1.807, 2.05) is 0 Å². The Labute approximate surface area is 96.3 Å². The zero-order valence-electron chi connectivity index (χ0n) is 9.25. The molecule has 0 bridgehead atoms. The fraction of sp³-hybridized carbons (Fsp3) is 1.00. The van der Waals surface area contributed by atoms with Crippen LogP contribution in [0.2, 0.25) is 0 Å². The summed E-state index contributed by atoms with van der Waals surface area (Å²) >= 11 is 0. The van der Waals surface area contributed by atoms with E-state index in [1.165, 1.54) is 0 Å². The van der Waals surface area contributed by atoms with Crippen LogP contribution in [0.15, 0.2) is 0 Å². The molecular weight excluding hydrogens is 228 g/mol. The van der Waals surface area contributed by atoms with Gasteiger partial charge in [-0.05, 0) is 31.1 Å². The molecule has 0 aromatic heterocycles. The standard InChI is InChI=1S/C10H20N2O3S/c11-8-5-9(16(13,14)15)6-3-1-2-4-7(6)10(8)12/h6-10H,1-5,11-12H2,(H,13,14,15). The van der Waals surface area contributed by atoms with Gasteiger partial charge in [-0.15, -0.1) is 0 Å². The first-order chi connectivity index (χ1) is 7.41. The highest BCUT2D eigenvalue weighted by atomic mass is 32.2. The maximum absolute atomic E-state index is 11.4. The van der Waals surface area contributed by atoms with Crippen molar-refractivity contribution in [1.29, 1.82) is 0 Å². The van der Waals surface area contributed by atoms with Crippen LogP contribution in [0.25, 0.3) is 0 Å². The number of hydrogen-bond acceptors (Lipinski definition) is 4. The predicted octanol–water partition coefficient (Wildman–Crippen LogP) is 0.108. The Morgan fingerprint density at radius 1 is 1.06 bits per heavy atom. The van der Waals surface area contributed by atoms with Crippen molar-refractivity contribution in [3.05, 3.63) is 0 Å². The number of rotatable bonds is 1. The third kappa shape index (κ3) is 2.11. The van der Waals surface area contributed by atoms with Crippen molar-refractivity contribution in [3.8, 4) is 0 Å². The quantitative estimate of drug-likeness (QED) is 0.571. The monoisotopic (exact) mass is 248 g/mol. The van der Waals surface area contributed by atoms with Gasteiger partial charge < -0.3 is 11.5 Å². The van der Waals surface area contributed by atoms with Crippen LogP contribution < -0.4 is 11.5 Å². The Morgan fingerprint density at radius 3 is 2.19 bits per heavy atom. The van der Waals surface area contributed by atoms with E-state index in [2.05, 4.69) is 0 Å². The second-order valence-corrected chi connectivity index (χ2v) is 6.78. The minimum Gasteiger partial charge on any atom is -0.326 e. The lowest BCUT2D eigenvalue weighted by Crippen LogP contribution is -2.59. The Morgan fingerprint density at radius 2 is 1.62 bits per heavy atom. The molecule has 0 aromatic carbocycles. The fourth-order valence-corrected chi connectivity index (χ4v) is 4.63. The molecule has 5 unspecified atom stereocenters. The highest BCUT2D eigenvalue weighted by Crippen LogP contribution is 2.42. The minimum atomic E-state index is -3.99. The maximum atomic E-state index is 11.4. The van der Waals surface area contributed by atoms with Gasteiger partial charge in [0.25, 0.3) is 10.1 Å². The first kappa shape index (κ1) is 12.3. The molecule has 0 heterocycles. The molecule has 2 fully saturated rings. The Balaban J connectivity index is 2.27. The molecule has 0 radical (unpaired) electrons. The molecule has 16 heavy (non-hydrogen) atoms. The van der Waals surface area contributed by atoms with E-state index in [1.54, 1.807) is 0 Å². The van der Waals surface area contributed by atoms with Crippen LogP contribution in [0.3, 0.4) is 0 Å². The molecule has 2 aliphatic carbocycles. The molecule has 2 aliphatic rings. The van der Waals surface area contributed by atoms with Gasteiger partial charge >= 0.3 is 0 Å². The van der Waals surface area contributed by atoms with Crippen molar-refractivity contribution >= 4 is 10.1 Å². The lowest BCUT2D eigenvalue weighted by molar-refractivity contribution is 0.130. The molecule has 0 saturated heterocycles. The van der Waals surface area contributed by atoms with Gasteiger partial charge in [0, 0.05) is 12.1 Å². The SMILES string of the molecule is NC1CC(S(=O)(=O)O)C2CCCCC2C1N. The van der Waals surface area contributed by atoms with Crippen molar-refractivity contribution in [3.63, 3.8) is 0 Å². The summed E-state index contributed by atoms with van der Waals surface area (Å²) in [5, 5.41) is -0.701. The van der Waals surface area contributed by atoms with E-state index in [-0.39, 0.29) is 23.9 Å². The summed E-state index contributed by atoms with van der Waals surface area (Å²) in [5.74, 6) is 0.156. The number of hydrogen-bond donors (Lipinski definition) is 3. The van der Waals surface area contributed by atoms with Gasteiger partial charge in [-0.2, -0.15) is 8.42 Å². The van der Waals surface area contributed by atoms with Crippen LogP contribution in [0.4, 0.5) is 0 Å². The lowest BCUT2D eigenvalue weighted by Gasteiger charge is -2.46. The summed E-state index contributed by atoms with van der Waals surface area (Å²) in [5.41, 5.74) is 11.9. The van der Waals surface area contributed by atoms with Gasteiger partial charge in [-0.3, -0.25) is 4.55 Å². The van der Waals surface area contributed by atoms with Gasteiger partial charge in [-0.25, -0.2) is 0 Å². The molecule has 5 nitrogen and oxygen atoms in total. The minimum absolute atomic E-state index is 0.00134. The third-order valence-electron chi connectivity index (χ3n) is 4.23. The summed E-state index contributed by atoms with van der Waals surface area (Å²) in [6, 6.07) is -0.436. The highest BCUT2D eigenvalue weighted by Gasteiger charge is 2.47. The molecule has 94 valence electrons. The van der Waals surface area contributed by atoms with Gasteiger partial charge in [0.1, 0.15) is 0 Å². The van der Waals surface area contributed by atoms with Gasteiger partial charge in [0.05, 0.1) is 5.25 Å². The Hall–Kier alpha value is -0.170. The second-order valence-electron chi connectivity index (χ2n) is 5.14. The summed E-state index contributed by atoms with van der Waals surface area (Å²) in [6.45, 7) is 0. The van der Waals surface area contributed by atoms with Gasteiger partial charge in [-0.1, -0.05) is 12.8 Å². The fourth-order valence-electron chi connectivity index (χ4n) is 3.39. The van der Waals surface area contributed by atoms with Crippen molar-refractivity contribution in [2.75, 3.05) is 0 Å². The van der Waals surface area contributed by atoms with E-state index in [9.17, 15) is 13.0 Å². The normalized spacial score (nSPS) is 45.1. The van der Waals surface area contributed by atoms with E-state index in [0.29, 0.717) is 6.42 Å². The summed E-state index contributed by atoms with van der Waals surface area (Å²) in [6.07, 6.45) is 4.18. The predicted molar refractivity (Wildman–Crippen MR) is 61.4 cm³/mol. The van der Waals surface area contributed by atoms with E-state index < -0.39 is 15.4 Å². The van der Waals surface area contributed by atoms with Crippen LogP contribution in [-0.4, -0.2) is 30.3 Å². The lowest BCUT2D eigenvalue weighted by atomic mass is 9.67. The zero-order chi connectivity index (χ0) is 11.9. The van der Waals surface area contributed by atoms with Crippen LogP contribution in [0.1, 0.15) is 32.1 Å². The maximum Gasteiger partial charge on any atom is 0.268 e. The number of nitrogens with two attached hydrogens (primary N) is 2. The zero-order valence-corrected chi connectivity index (χ0v) is 10.1. The second kappa shape index (κ2) is 4.25. The smallest absolute Gasteiger partial charge is 0.268 e. The number of fused-ring (bicyclic) bond motifs is 1. The molecule has 0 aromatic rings.